The fourth-order valence-electron chi connectivity index (χ4n) is 4.76. The summed E-state index contributed by atoms with van der Waals surface area (Å²) in [6.45, 7) is 4.07. The minimum absolute atomic E-state index is 0.139. The van der Waals surface area contributed by atoms with Gasteiger partial charge in [0.25, 0.3) is 0 Å². The minimum Gasteiger partial charge on any atom is -0.378 e. The number of hydrogen-bond acceptors (Lipinski definition) is 4. The van der Waals surface area contributed by atoms with Crippen LogP contribution in [0.5, 0.6) is 0 Å². The van der Waals surface area contributed by atoms with Crippen molar-refractivity contribution in [1.82, 2.24) is 15.5 Å². The zero-order chi connectivity index (χ0) is 20.7. The van der Waals surface area contributed by atoms with Crippen LogP contribution in [0.15, 0.2) is 0 Å². The van der Waals surface area contributed by atoms with Crippen LogP contribution in [0, 0.1) is 11.3 Å². The fraction of sp³-hybridized carbons (Fsp3) is 0.857. The first-order chi connectivity index (χ1) is 14.0. The van der Waals surface area contributed by atoms with E-state index in [9.17, 15) is 9.59 Å². The highest BCUT2D eigenvalue weighted by Gasteiger charge is 2.38. The van der Waals surface area contributed by atoms with E-state index in [1.54, 1.807) is 4.90 Å². The summed E-state index contributed by atoms with van der Waals surface area (Å²) in [6.07, 6.45) is 9.54. The van der Waals surface area contributed by atoms with E-state index in [1.165, 1.54) is 30.4 Å². The topological polar surface area (TPSA) is 99.0 Å². The van der Waals surface area contributed by atoms with E-state index in [2.05, 4.69) is 17.7 Å². The molecule has 3 rings (SSSR count). The Morgan fingerprint density at radius 2 is 1.86 bits per heavy atom. The summed E-state index contributed by atoms with van der Waals surface area (Å²) in [4.78, 5) is 29.2. The third-order valence-electron chi connectivity index (χ3n) is 6.85. The predicted octanol–water partition coefficient (Wildman–Crippen LogP) is 0.180. The van der Waals surface area contributed by atoms with E-state index in [0.717, 1.165) is 38.8 Å². The first-order valence-corrected chi connectivity index (χ1v) is 11.3. The summed E-state index contributed by atoms with van der Waals surface area (Å²) in [5.41, 5.74) is -0.578. The van der Waals surface area contributed by atoms with Crippen molar-refractivity contribution in [3.8, 4) is 0 Å². The van der Waals surface area contributed by atoms with Crippen LogP contribution < -0.4 is 15.5 Å². The maximum atomic E-state index is 13.3. The number of urea groups is 1. The molecule has 0 unspecified atom stereocenters. The molecule has 0 radical (unpaired) electrons. The third-order valence-corrected chi connectivity index (χ3v) is 6.85. The number of piperidine rings is 1. The standard InChI is InChI=1S/C21H37N5O3/c1-25-9-7-21(16-22,8-10-25)24-19(27)18(15-17-5-3-2-4-6-17)23-20(28)26-11-13-29-14-12-26/h16-18,22H,2-15H2,1H3,(H,23,28)(H,24,27)/p+1/t18-/m0/s1. The van der Waals surface area contributed by atoms with Gasteiger partial charge in [0.2, 0.25) is 5.91 Å². The monoisotopic (exact) mass is 408 g/mol. The summed E-state index contributed by atoms with van der Waals surface area (Å²) < 4.78 is 5.33. The molecular formula is C21H38N5O3+. The number of carbonyl (C=O) groups is 2. The molecular weight excluding hydrogens is 370 g/mol. The van der Waals surface area contributed by atoms with Crippen molar-refractivity contribution in [3.05, 3.63) is 0 Å². The van der Waals surface area contributed by atoms with Crippen LogP contribution in [0.3, 0.4) is 0 Å². The second-order valence-corrected chi connectivity index (χ2v) is 9.09. The van der Waals surface area contributed by atoms with Gasteiger partial charge in [-0.25, -0.2) is 4.79 Å². The number of ether oxygens (including phenoxy) is 1. The molecule has 1 aliphatic carbocycles. The van der Waals surface area contributed by atoms with Gasteiger partial charge in [0.1, 0.15) is 6.04 Å². The predicted molar refractivity (Wildman–Crippen MR) is 111 cm³/mol. The Bertz CT molecular complexity index is 565. The Morgan fingerprint density at radius 3 is 2.48 bits per heavy atom. The zero-order valence-electron chi connectivity index (χ0n) is 17.8. The van der Waals surface area contributed by atoms with Crippen molar-refractivity contribution in [2.24, 2.45) is 5.92 Å². The molecule has 0 spiro atoms. The fourth-order valence-corrected chi connectivity index (χ4v) is 4.76. The van der Waals surface area contributed by atoms with Gasteiger partial charge in [0, 0.05) is 32.1 Å². The van der Waals surface area contributed by atoms with Crippen molar-refractivity contribution in [3.63, 3.8) is 0 Å². The molecule has 0 aromatic heterocycles. The van der Waals surface area contributed by atoms with E-state index in [1.807, 2.05) is 0 Å². The van der Waals surface area contributed by atoms with Gasteiger partial charge in [-0.2, -0.15) is 0 Å². The highest BCUT2D eigenvalue weighted by atomic mass is 16.5. The van der Waals surface area contributed by atoms with Crippen molar-refractivity contribution in [2.75, 3.05) is 46.4 Å². The molecule has 0 aromatic rings. The van der Waals surface area contributed by atoms with E-state index in [4.69, 9.17) is 10.1 Å². The Labute approximate surface area is 174 Å². The third kappa shape index (κ3) is 6.15. The molecule has 0 bridgehead atoms. The van der Waals surface area contributed by atoms with Gasteiger partial charge in [-0.15, -0.1) is 0 Å². The second-order valence-electron chi connectivity index (χ2n) is 9.09. The lowest BCUT2D eigenvalue weighted by atomic mass is 9.84. The number of rotatable bonds is 6. The summed E-state index contributed by atoms with van der Waals surface area (Å²) in [7, 11) is 2.14. The van der Waals surface area contributed by atoms with Gasteiger partial charge in [0.05, 0.1) is 38.9 Å². The molecule has 164 valence electrons. The van der Waals surface area contributed by atoms with Crippen LogP contribution >= 0.6 is 0 Å². The first-order valence-electron chi connectivity index (χ1n) is 11.3. The summed E-state index contributed by atoms with van der Waals surface area (Å²) in [6, 6.07) is -0.724. The average Bonchev–Trinajstić information content (AvgIpc) is 2.76. The molecule has 4 N–H and O–H groups in total. The van der Waals surface area contributed by atoms with E-state index < -0.39 is 11.6 Å². The van der Waals surface area contributed by atoms with Gasteiger partial charge in [0.15, 0.2) is 0 Å². The van der Waals surface area contributed by atoms with Crippen molar-refractivity contribution >= 4 is 18.2 Å². The van der Waals surface area contributed by atoms with Gasteiger partial charge >= 0.3 is 6.03 Å². The first kappa shape index (κ1) is 22.0. The minimum atomic E-state index is -0.578. The van der Waals surface area contributed by atoms with Crippen molar-refractivity contribution in [1.29, 1.82) is 5.41 Å². The van der Waals surface area contributed by atoms with Crippen molar-refractivity contribution in [2.45, 2.75) is 62.9 Å². The molecule has 3 amide bonds. The normalized spacial score (nSPS) is 29.7. The molecule has 2 aliphatic heterocycles. The number of hydrogen-bond donors (Lipinski definition) is 4. The highest BCUT2D eigenvalue weighted by molar-refractivity contribution is 5.90. The van der Waals surface area contributed by atoms with Crippen LogP contribution in [-0.4, -0.2) is 81.1 Å². The van der Waals surface area contributed by atoms with E-state index >= 15 is 0 Å². The maximum Gasteiger partial charge on any atom is 0.318 e. The Morgan fingerprint density at radius 1 is 1.21 bits per heavy atom. The largest absolute Gasteiger partial charge is 0.378 e. The number of morpholine rings is 1. The molecule has 1 atom stereocenters. The second kappa shape index (κ2) is 10.4. The summed E-state index contributed by atoms with van der Waals surface area (Å²) in [5.74, 6) is 0.336. The average molecular weight is 409 g/mol. The number of likely N-dealkylation sites (tertiary alicyclic amines) is 1. The SMILES string of the molecule is C[NH+]1CCC(C=N)(NC(=O)[C@H](CC2CCCCC2)NC(=O)N2CCOCC2)CC1. The number of nitrogens with zero attached hydrogens (tertiary/aromatic N) is 1. The van der Waals surface area contributed by atoms with Gasteiger partial charge in [-0.1, -0.05) is 32.1 Å². The Hall–Kier alpha value is -1.67. The van der Waals surface area contributed by atoms with Gasteiger partial charge in [-0.3, -0.25) is 4.79 Å². The zero-order valence-corrected chi connectivity index (χ0v) is 17.8. The molecule has 3 fully saturated rings. The highest BCUT2D eigenvalue weighted by Crippen LogP contribution is 2.28. The van der Waals surface area contributed by atoms with E-state index in [-0.39, 0.29) is 11.9 Å². The lowest BCUT2D eigenvalue weighted by Crippen LogP contribution is -3.11. The lowest BCUT2D eigenvalue weighted by Gasteiger charge is -2.38. The smallest absolute Gasteiger partial charge is 0.318 e. The Kier molecular flexibility index (Phi) is 7.89. The van der Waals surface area contributed by atoms with Gasteiger partial charge < -0.3 is 30.6 Å². The number of amides is 3. The molecule has 8 heteroatoms. The molecule has 29 heavy (non-hydrogen) atoms. The molecule has 3 aliphatic rings. The quantitative estimate of drug-likeness (QED) is 0.472. The van der Waals surface area contributed by atoms with Crippen LogP contribution in [0.1, 0.15) is 51.4 Å². The number of carbonyl (C=O) groups excluding carboxylic acids is 2. The molecule has 8 nitrogen and oxygen atoms in total. The Balaban J connectivity index is 1.65. The van der Waals surface area contributed by atoms with E-state index in [0.29, 0.717) is 38.6 Å². The summed E-state index contributed by atoms with van der Waals surface area (Å²) >= 11 is 0. The molecule has 2 saturated heterocycles. The molecule has 2 heterocycles. The van der Waals surface area contributed by atoms with Crippen LogP contribution in [0.2, 0.25) is 0 Å². The van der Waals surface area contributed by atoms with Gasteiger partial charge in [-0.05, 0) is 12.3 Å². The number of nitrogens with one attached hydrogen (secondary N) is 4. The van der Waals surface area contributed by atoms with Crippen molar-refractivity contribution < 1.29 is 19.2 Å². The number of quaternary nitrogens is 1. The van der Waals surface area contributed by atoms with Crippen LogP contribution in [0.4, 0.5) is 4.79 Å². The maximum absolute atomic E-state index is 13.3. The molecule has 1 saturated carbocycles. The van der Waals surface area contributed by atoms with Crippen LogP contribution in [-0.2, 0) is 9.53 Å². The lowest BCUT2D eigenvalue weighted by molar-refractivity contribution is -0.885. The molecule has 0 aromatic carbocycles. The summed E-state index contributed by atoms with van der Waals surface area (Å²) in [5, 5.41) is 14.1. The van der Waals surface area contributed by atoms with Crippen LogP contribution in [0.25, 0.3) is 0 Å².